The number of aromatic nitrogens is 1. The summed E-state index contributed by atoms with van der Waals surface area (Å²) in [6.45, 7) is 2.50. The highest BCUT2D eigenvalue weighted by atomic mass is 35.5. The zero-order valence-electron chi connectivity index (χ0n) is 21.4. The van der Waals surface area contributed by atoms with Crippen LogP contribution in [-0.2, 0) is 4.79 Å². The zero-order valence-corrected chi connectivity index (χ0v) is 23.7. The third kappa shape index (κ3) is 7.53. The molecular formula is C29H33Cl2FN2O3S. The summed E-state index contributed by atoms with van der Waals surface area (Å²) in [4.78, 5) is 19.2. The maximum Gasteiger partial charge on any atom is 0.303 e. The SMILES string of the molecule is COc1ccc2nccc(C(F)CC[C@@H]3CCN(CCCSc4c(Cl)cccc4Cl)C[C@@H]3CC(=O)O)c2c1. The van der Waals surface area contributed by atoms with Crippen LogP contribution < -0.4 is 4.74 Å². The molecule has 2 aromatic carbocycles. The first-order valence-electron chi connectivity index (χ1n) is 12.9. The van der Waals surface area contributed by atoms with E-state index in [2.05, 4.69) is 9.88 Å². The third-order valence-electron chi connectivity index (χ3n) is 7.31. The number of ether oxygens (including phenoxy) is 1. The third-order valence-corrected chi connectivity index (χ3v) is 9.38. The van der Waals surface area contributed by atoms with E-state index in [-0.39, 0.29) is 18.3 Å². The van der Waals surface area contributed by atoms with Gasteiger partial charge in [-0.15, -0.1) is 11.8 Å². The van der Waals surface area contributed by atoms with Crippen LogP contribution in [0.4, 0.5) is 4.39 Å². The van der Waals surface area contributed by atoms with Gasteiger partial charge in [0.05, 0.1) is 22.7 Å². The second kappa shape index (κ2) is 13.8. The van der Waals surface area contributed by atoms with E-state index in [1.54, 1.807) is 31.1 Å². The molecule has 0 radical (unpaired) electrons. The first kappa shape index (κ1) is 28.9. The van der Waals surface area contributed by atoms with Crippen molar-refractivity contribution in [3.8, 4) is 5.75 Å². The number of nitrogens with zero attached hydrogens (tertiary/aromatic N) is 2. The summed E-state index contributed by atoms with van der Waals surface area (Å²) in [7, 11) is 1.59. The smallest absolute Gasteiger partial charge is 0.303 e. The summed E-state index contributed by atoms with van der Waals surface area (Å²) in [6.07, 6.45) is 3.43. The van der Waals surface area contributed by atoms with Crippen LogP contribution in [0.2, 0.25) is 10.0 Å². The number of methoxy groups -OCH3 is 1. The molecule has 0 bridgehead atoms. The predicted octanol–water partition coefficient (Wildman–Crippen LogP) is 7.94. The van der Waals surface area contributed by atoms with Crippen LogP contribution in [0.1, 0.15) is 43.8 Å². The molecule has 1 fully saturated rings. The first-order chi connectivity index (χ1) is 18.4. The normalized spacial score (nSPS) is 18.9. The maximum atomic E-state index is 15.5. The summed E-state index contributed by atoms with van der Waals surface area (Å²) < 4.78 is 20.8. The van der Waals surface area contributed by atoms with Crippen molar-refractivity contribution in [3.05, 3.63) is 64.3 Å². The van der Waals surface area contributed by atoms with Crippen LogP contribution >= 0.6 is 35.0 Å². The largest absolute Gasteiger partial charge is 0.497 e. The molecule has 4 rings (SSSR count). The molecule has 38 heavy (non-hydrogen) atoms. The van der Waals surface area contributed by atoms with Crippen LogP contribution in [0.15, 0.2) is 53.6 Å². The summed E-state index contributed by atoms with van der Waals surface area (Å²) in [6, 6.07) is 12.7. The molecule has 3 aromatic rings. The van der Waals surface area contributed by atoms with Crippen molar-refractivity contribution in [2.75, 3.05) is 32.5 Å². The Hall–Kier alpha value is -2.06. The summed E-state index contributed by atoms with van der Waals surface area (Å²) >= 11 is 14.2. The number of piperidine rings is 1. The lowest BCUT2D eigenvalue weighted by atomic mass is 9.79. The van der Waals surface area contributed by atoms with Crippen molar-refractivity contribution >= 4 is 51.8 Å². The number of fused-ring (bicyclic) bond motifs is 1. The number of carbonyl (C=O) groups is 1. The van der Waals surface area contributed by atoms with Crippen molar-refractivity contribution in [1.29, 1.82) is 0 Å². The van der Waals surface area contributed by atoms with Crippen molar-refractivity contribution < 1.29 is 19.0 Å². The minimum Gasteiger partial charge on any atom is -0.497 e. The van der Waals surface area contributed by atoms with Gasteiger partial charge in [0.2, 0.25) is 0 Å². The Kier molecular flexibility index (Phi) is 10.5. The van der Waals surface area contributed by atoms with Gasteiger partial charge in [0.1, 0.15) is 11.9 Å². The molecule has 2 heterocycles. The first-order valence-corrected chi connectivity index (χ1v) is 14.7. The Labute approximate surface area is 237 Å². The Morgan fingerprint density at radius 2 is 2.03 bits per heavy atom. The number of carboxylic acids is 1. The molecule has 1 aromatic heterocycles. The fourth-order valence-electron chi connectivity index (χ4n) is 5.34. The highest BCUT2D eigenvalue weighted by Crippen LogP contribution is 2.37. The van der Waals surface area contributed by atoms with Crippen LogP contribution in [0.5, 0.6) is 5.75 Å². The average Bonchev–Trinajstić information content (AvgIpc) is 2.90. The summed E-state index contributed by atoms with van der Waals surface area (Å²) in [5.74, 6) is 0.935. The lowest BCUT2D eigenvalue weighted by Crippen LogP contribution is -2.42. The molecule has 0 aliphatic carbocycles. The van der Waals surface area contributed by atoms with Gasteiger partial charge in [-0.05, 0) is 98.3 Å². The molecule has 1 unspecified atom stereocenters. The van der Waals surface area contributed by atoms with E-state index in [1.165, 1.54) is 0 Å². The Bertz CT molecular complexity index is 1230. The van der Waals surface area contributed by atoms with Gasteiger partial charge in [0, 0.05) is 29.4 Å². The minimum atomic E-state index is -1.15. The molecule has 204 valence electrons. The van der Waals surface area contributed by atoms with Gasteiger partial charge >= 0.3 is 5.97 Å². The van der Waals surface area contributed by atoms with E-state index in [1.807, 2.05) is 36.4 Å². The number of aliphatic carboxylic acids is 1. The second-order valence-electron chi connectivity index (χ2n) is 9.79. The van der Waals surface area contributed by atoms with Crippen LogP contribution in [0, 0.1) is 11.8 Å². The Morgan fingerprint density at radius 3 is 2.76 bits per heavy atom. The van der Waals surface area contributed by atoms with E-state index in [4.69, 9.17) is 27.9 Å². The number of halogens is 3. The van der Waals surface area contributed by atoms with E-state index in [0.717, 1.165) is 54.0 Å². The highest BCUT2D eigenvalue weighted by molar-refractivity contribution is 7.99. The predicted molar refractivity (Wildman–Crippen MR) is 153 cm³/mol. The van der Waals surface area contributed by atoms with Crippen molar-refractivity contribution in [2.24, 2.45) is 11.8 Å². The molecule has 1 saturated heterocycles. The number of alkyl halides is 1. The van der Waals surface area contributed by atoms with Gasteiger partial charge in [-0.1, -0.05) is 29.3 Å². The van der Waals surface area contributed by atoms with E-state index < -0.39 is 12.1 Å². The fourth-order valence-corrected chi connectivity index (χ4v) is 6.95. The summed E-state index contributed by atoms with van der Waals surface area (Å²) in [5.41, 5.74) is 1.34. The van der Waals surface area contributed by atoms with E-state index in [0.29, 0.717) is 34.2 Å². The van der Waals surface area contributed by atoms with Crippen LogP contribution in [0.3, 0.4) is 0 Å². The van der Waals surface area contributed by atoms with E-state index >= 15 is 4.39 Å². The maximum absolute atomic E-state index is 15.5. The number of rotatable bonds is 12. The molecule has 5 nitrogen and oxygen atoms in total. The number of hydrogen-bond donors (Lipinski definition) is 1. The number of carboxylic acid groups (broad SMARTS) is 1. The van der Waals surface area contributed by atoms with Gasteiger partial charge in [0.15, 0.2) is 0 Å². The molecule has 0 amide bonds. The lowest BCUT2D eigenvalue weighted by molar-refractivity contribution is -0.139. The highest BCUT2D eigenvalue weighted by Gasteiger charge is 2.31. The topological polar surface area (TPSA) is 62.7 Å². The van der Waals surface area contributed by atoms with Crippen molar-refractivity contribution in [3.63, 3.8) is 0 Å². The molecule has 0 saturated carbocycles. The van der Waals surface area contributed by atoms with Crippen molar-refractivity contribution in [2.45, 2.75) is 43.2 Å². The molecular weight excluding hydrogens is 546 g/mol. The Balaban J connectivity index is 1.31. The molecule has 9 heteroatoms. The number of benzene rings is 2. The minimum absolute atomic E-state index is 0.00777. The van der Waals surface area contributed by atoms with Crippen LogP contribution in [0.25, 0.3) is 10.9 Å². The number of hydrogen-bond acceptors (Lipinski definition) is 5. The average molecular weight is 580 g/mol. The Morgan fingerprint density at radius 1 is 1.24 bits per heavy atom. The van der Waals surface area contributed by atoms with Gasteiger partial charge in [0.25, 0.3) is 0 Å². The van der Waals surface area contributed by atoms with E-state index in [9.17, 15) is 9.90 Å². The monoisotopic (exact) mass is 578 g/mol. The molecule has 1 aliphatic rings. The zero-order chi connectivity index (χ0) is 27.1. The second-order valence-corrected chi connectivity index (χ2v) is 11.7. The number of likely N-dealkylation sites (tertiary alicyclic amines) is 1. The van der Waals surface area contributed by atoms with Gasteiger partial charge in [-0.25, -0.2) is 4.39 Å². The van der Waals surface area contributed by atoms with Gasteiger partial charge in [-0.3, -0.25) is 9.78 Å². The standard InChI is InChI=1S/C29H33Cl2FN2O3S/c1-37-21-7-9-27-23(17-21)22(10-12-33-27)26(32)8-6-19-11-14-34(18-20(19)16-28(35)36)13-3-15-38-29-24(30)4-2-5-25(29)31/h2,4-5,7,9-10,12,17,19-20,26H,3,6,8,11,13-16,18H2,1H3,(H,35,36)/t19-,20+,26?/m1/s1. The number of pyridine rings is 1. The van der Waals surface area contributed by atoms with Gasteiger partial charge < -0.3 is 14.7 Å². The molecule has 1 aliphatic heterocycles. The van der Waals surface area contributed by atoms with Crippen LogP contribution in [-0.4, -0.2) is 53.5 Å². The summed E-state index contributed by atoms with van der Waals surface area (Å²) in [5, 5.41) is 11.6. The van der Waals surface area contributed by atoms with Gasteiger partial charge in [-0.2, -0.15) is 0 Å². The quantitative estimate of drug-likeness (QED) is 0.174. The van der Waals surface area contributed by atoms with Crippen molar-refractivity contribution in [1.82, 2.24) is 9.88 Å². The molecule has 0 spiro atoms. The number of thioether (sulfide) groups is 1. The molecule has 1 N–H and O–H groups in total. The molecule has 3 atom stereocenters. The lowest BCUT2D eigenvalue weighted by Gasteiger charge is -2.38. The fraction of sp³-hybridized carbons (Fsp3) is 0.448.